The first-order valence-electron chi connectivity index (χ1n) is 10.3. The number of amides is 1. The molecule has 1 fully saturated rings. The normalized spacial score (nSPS) is 20.9. The number of para-hydroxylation sites is 1. The van der Waals surface area contributed by atoms with Gasteiger partial charge >= 0.3 is 0 Å². The molecule has 3 heterocycles. The summed E-state index contributed by atoms with van der Waals surface area (Å²) in [6.07, 6.45) is 0.665. The van der Waals surface area contributed by atoms with Crippen LogP contribution in [-0.2, 0) is 10.7 Å². The van der Waals surface area contributed by atoms with E-state index in [0.717, 1.165) is 0 Å². The van der Waals surface area contributed by atoms with E-state index in [1.165, 1.54) is 22.8 Å². The second kappa shape index (κ2) is 7.57. The standard InChI is InChI=1S/C21H21F3N6O2/c1-25-17-9-16(27-14-4-2-3-12-19(14)32-6-5-21(12,23)24)29-20-15(10-26-30(17)20)28-18(31)8-11-7-13(11)22/h2-4,9-11,13,25H,5-8H2,1H3,(H,27,29)(H,28,31)/t11-,13-/m0/s1. The molecule has 0 spiro atoms. The topological polar surface area (TPSA) is 92.6 Å². The Kier molecular flexibility index (Phi) is 4.83. The number of alkyl halides is 3. The highest BCUT2D eigenvalue weighted by molar-refractivity contribution is 5.95. The summed E-state index contributed by atoms with van der Waals surface area (Å²) in [5.41, 5.74) is 0.890. The number of nitrogens with one attached hydrogen (secondary N) is 3. The van der Waals surface area contributed by atoms with Crippen molar-refractivity contribution in [3.8, 4) is 5.75 Å². The van der Waals surface area contributed by atoms with E-state index in [-0.39, 0.29) is 42.6 Å². The molecule has 1 aliphatic carbocycles. The van der Waals surface area contributed by atoms with Crippen molar-refractivity contribution in [2.75, 3.05) is 29.6 Å². The monoisotopic (exact) mass is 446 g/mol. The van der Waals surface area contributed by atoms with Crippen LogP contribution in [0, 0.1) is 5.92 Å². The maximum absolute atomic E-state index is 14.3. The van der Waals surface area contributed by atoms with Crippen molar-refractivity contribution in [3.05, 3.63) is 36.0 Å². The van der Waals surface area contributed by atoms with Crippen LogP contribution in [0.15, 0.2) is 30.5 Å². The molecule has 168 valence electrons. The molecule has 2 aliphatic rings. The van der Waals surface area contributed by atoms with Gasteiger partial charge in [-0.1, -0.05) is 6.07 Å². The Morgan fingerprint density at radius 2 is 2.16 bits per heavy atom. The maximum Gasteiger partial charge on any atom is 0.280 e. The van der Waals surface area contributed by atoms with Crippen molar-refractivity contribution >= 4 is 34.6 Å². The molecule has 1 saturated carbocycles. The number of benzene rings is 1. The summed E-state index contributed by atoms with van der Waals surface area (Å²) in [6.45, 7) is -0.0908. The highest BCUT2D eigenvalue weighted by Gasteiger charge is 2.39. The first-order chi connectivity index (χ1) is 15.4. The molecule has 11 heteroatoms. The van der Waals surface area contributed by atoms with Crippen molar-refractivity contribution in [2.45, 2.75) is 31.4 Å². The average molecular weight is 446 g/mol. The van der Waals surface area contributed by atoms with Crippen LogP contribution in [-0.4, -0.2) is 40.3 Å². The van der Waals surface area contributed by atoms with E-state index >= 15 is 0 Å². The molecular formula is C21H21F3N6O2. The predicted molar refractivity (Wildman–Crippen MR) is 113 cm³/mol. The van der Waals surface area contributed by atoms with E-state index < -0.39 is 12.1 Å². The molecule has 3 N–H and O–H groups in total. The summed E-state index contributed by atoms with van der Waals surface area (Å²) >= 11 is 0. The lowest BCUT2D eigenvalue weighted by Gasteiger charge is -2.27. The lowest BCUT2D eigenvalue weighted by atomic mass is 10.0. The minimum Gasteiger partial charge on any atom is -0.491 e. The summed E-state index contributed by atoms with van der Waals surface area (Å²) in [5.74, 6) is -2.54. The fourth-order valence-corrected chi connectivity index (χ4v) is 3.79. The number of hydrogen-bond acceptors (Lipinski definition) is 6. The Morgan fingerprint density at radius 3 is 2.91 bits per heavy atom. The fraction of sp³-hybridized carbons (Fsp3) is 0.381. The maximum atomic E-state index is 14.3. The smallest absolute Gasteiger partial charge is 0.280 e. The van der Waals surface area contributed by atoms with E-state index in [0.29, 0.717) is 35.1 Å². The van der Waals surface area contributed by atoms with Crippen molar-refractivity contribution in [1.82, 2.24) is 14.6 Å². The Labute approximate surface area is 181 Å². The molecule has 2 atom stereocenters. The molecule has 0 unspecified atom stereocenters. The van der Waals surface area contributed by atoms with Gasteiger partial charge < -0.3 is 20.7 Å². The van der Waals surface area contributed by atoms with Crippen molar-refractivity contribution in [1.29, 1.82) is 0 Å². The van der Waals surface area contributed by atoms with Crippen molar-refractivity contribution in [2.24, 2.45) is 5.92 Å². The molecule has 5 rings (SSSR count). The van der Waals surface area contributed by atoms with Crippen LogP contribution >= 0.6 is 0 Å². The van der Waals surface area contributed by atoms with E-state index in [2.05, 4.69) is 26.0 Å². The first kappa shape index (κ1) is 20.4. The summed E-state index contributed by atoms with van der Waals surface area (Å²) in [7, 11) is 1.70. The van der Waals surface area contributed by atoms with Gasteiger partial charge in [-0.2, -0.15) is 9.61 Å². The van der Waals surface area contributed by atoms with Gasteiger partial charge in [0, 0.05) is 25.5 Å². The Bertz CT molecular complexity index is 1200. The zero-order chi connectivity index (χ0) is 22.5. The molecule has 3 aromatic rings. The third kappa shape index (κ3) is 3.67. The second-order valence-electron chi connectivity index (χ2n) is 7.94. The van der Waals surface area contributed by atoms with Gasteiger partial charge in [-0.05, 0) is 18.6 Å². The van der Waals surface area contributed by atoms with E-state index in [9.17, 15) is 18.0 Å². The molecule has 1 aromatic carbocycles. The van der Waals surface area contributed by atoms with Gasteiger partial charge in [0.15, 0.2) is 11.4 Å². The van der Waals surface area contributed by atoms with Gasteiger partial charge in [0.05, 0.1) is 30.5 Å². The quantitative estimate of drug-likeness (QED) is 0.529. The van der Waals surface area contributed by atoms with Crippen LogP contribution in [0.3, 0.4) is 0 Å². The summed E-state index contributed by atoms with van der Waals surface area (Å²) in [6, 6.07) is 6.17. The van der Waals surface area contributed by atoms with Crippen LogP contribution in [0.25, 0.3) is 5.65 Å². The number of anilines is 4. The van der Waals surface area contributed by atoms with Gasteiger partial charge in [0.2, 0.25) is 5.91 Å². The molecule has 0 saturated heterocycles. The highest BCUT2D eigenvalue weighted by Crippen LogP contribution is 2.45. The lowest BCUT2D eigenvalue weighted by Crippen LogP contribution is -2.24. The number of halogens is 3. The number of carbonyl (C=O) groups is 1. The Balaban J connectivity index is 1.47. The molecule has 0 bridgehead atoms. The van der Waals surface area contributed by atoms with E-state index in [4.69, 9.17) is 4.74 Å². The van der Waals surface area contributed by atoms with Crippen LogP contribution in [0.4, 0.5) is 36.2 Å². The highest BCUT2D eigenvalue weighted by atomic mass is 19.3. The minimum atomic E-state index is -2.97. The summed E-state index contributed by atoms with van der Waals surface area (Å²) in [5, 5.41) is 13.0. The van der Waals surface area contributed by atoms with Gasteiger partial charge in [0.1, 0.15) is 23.5 Å². The summed E-state index contributed by atoms with van der Waals surface area (Å²) in [4.78, 5) is 16.7. The predicted octanol–water partition coefficient (Wildman–Crippen LogP) is 4.08. The fourth-order valence-electron chi connectivity index (χ4n) is 3.79. The Hall–Kier alpha value is -3.50. The SMILES string of the molecule is CNc1cc(Nc2cccc3c2OCCC3(F)F)nc2c(NC(=O)C[C@@H]3C[C@@H]3F)cnn12. The average Bonchev–Trinajstić information content (AvgIpc) is 3.29. The summed E-state index contributed by atoms with van der Waals surface area (Å²) < 4.78 is 48.7. The second-order valence-corrected chi connectivity index (χ2v) is 7.94. The zero-order valence-corrected chi connectivity index (χ0v) is 17.2. The number of ether oxygens (including phenoxy) is 1. The van der Waals surface area contributed by atoms with E-state index in [1.807, 2.05) is 0 Å². The third-order valence-electron chi connectivity index (χ3n) is 5.62. The van der Waals surface area contributed by atoms with Gasteiger partial charge in [0.25, 0.3) is 5.92 Å². The van der Waals surface area contributed by atoms with Crippen molar-refractivity contribution < 1.29 is 22.7 Å². The molecule has 8 nitrogen and oxygen atoms in total. The molecule has 1 aliphatic heterocycles. The largest absolute Gasteiger partial charge is 0.491 e. The number of carbonyl (C=O) groups excluding carboxylic acids is 1. The molecule has 0 radical (unpaired) electrons. The minimum absolute atomic E-state index is 0.0867. The molecule has 32 heavy (non-hydrogen) atoms. The van der Waals surface area contributed by atoms with Crippen LogP contribution in [0.2, 0.25) is 0 Å². The zero-order valence-electron chi connectivity index (χ0n) is 17.2. The first-order valence-corrected chi connectivity index (χ1v) is 10.3. The molecular weight excluding hydrogens is 425 g/mol. The lowest BCUT2D eigenvalue weighted by molar-refractivity contribution is -0.116. The van der Waals surface area contributed by atoms with Gasteiger partial charge in [-0.15, -0.1) is 0 Å². The third-order valence-corrected chi connectivity index (χ3v) is 5.62. The number of nitrogens with zero attached hydrogens (tertiary/aromatic N) is 3. The van der Waals surface area contributed by atoms with Crippen molar-refractivity contribution in [3.63, 3.8) is 0 Å². The number of fused-ring (bicyclic) bond motifs is 2. The van der Waals surface area contributed by atoms with Gasteiger partial charge in [-0.25, -0.2) is 18.2 Å². The van der Waals surface area contributed by atoms with Crippen LogP contribution < -0.4 is 20.7 Å². The molecule has 2 aromatic heterocycles. The van der Waals surface area contributed by atoms with Crippen LogP contribution in [0.1, 0.15) is 24.8 Å². The number of aromatic nitrogens is 3. The number of rotatable bonds is 6. The number of hydrogen-bond donors (Lipinski definition) is 3. The van der Waals surface area contributed by atoms with E-state index in [1.54, 1.807) is 19.2 Å². The van der Waals surface area contributed by atoms with Crippen LogP contribution in [0.5, 0.6) is 5.75 Å². The van der Waals surface area contributed by atoms with Gasteiger partial charge in [-0.3, -0.25) is 4.79 Å². The molecule has 1 amide bonds. The Morgan fingerprint density at radius 1 is 1.34 bits per heavy atom.